The van der Waals surface area contributed by atoms with Crippen molar-refractivity contribution >= 4 is 28.1 Å². The van der Waals surface area contributed by atoms with Crippen LogP contribution in [-0.2, 0) is 23.3 Å². The van der Waals surface area contributed by atoms with Gasteiger partial charge in [-0.25, -0.2) is 9.78 Å². The number of thiazole rings is 1. The number of hydrogen-bond donors (Lipinski definition) is 1. The molecule has 5 rings (SSSR count). The van der Waals surface area contributed by atoms with E-state index >= 15 is 0 Å². The molecule has 184 valence electrons. The number of nitrogens with one attached hydrogen (secondary N) is 1. The molecule has 3 heterocycles. The van der Waals surface area contributed by atoms with Crippen LogP contribution in [0.2, 0.25) is 0 Å². The Morgan fingerprint density at radius 2 is 2.06 bits per heavy atom. The number of aromatic nitrogens is 3. The third-order valence-electron chi connectivity index (χ3n) is 5.24. The number of nitrogens with zero attached hydrogens (tertiary/aromatic N) is 4. The molecule has 0 bridgehead atoms. The number of carbonyl (C=O) groups excluding carboxylic acids is 1. The van der Waals surface area contributed by atoms with Crippen LogP contribution in [0.1, 0.15) is 22.6 Å². The first-order chi connectivity index (χ1) is 17.5. The number of para-hydroxylation sites is 1. The number of fused-ring (bicyclic) bond motifs is 1. The lowest BCUT2D eigenvalue weighted by Gasteiger charge is -2.26. The molecule has 2 aromatic heterocycles. The maximum Gasteiger partial charge on any atom is 0.460 e. The van der Waals surface area contributed by atoms with E-state index in [1.807, 2.05) is 49.4 Å². The first kappa shape index (κ1) is 23.3. The van der Waals surface area contributed by atoms with Crippen molar-refractivity contribution in [1.29, 1.82) is 0 Å². The Labute approximate surface area is 208 Å². The molecule has 36 heavy (non-hydrogen) atoms. The smallest absolute Gasteiger partial charge is 0.460 e. The maximum absolute atomic E-state index is 12.7. The zero-order valence-corrected chi connectivity index (χ0v) is 20.2. The van der Waals surface area contributed by atoms with Crippen LogP contribution in [0.3, 0.4) is 0 Å². The molecule has 4 aromatic rings. The van der Waals surface area contributed by atoms with E-state index in [-0.39, 0.29) is 24.9 Å². The van der Waals surface area contributed by atoms with Crippen molar-refractivity contribution in [3.63, 3.8) is 0 Å². The van der Waals surface area contributed by atoms with Crippen LogP contribution in [0.5, 0.6) is 11.5 Å². The number of benzene rings is 2. The van der Waals surface area contributed by atoms with Gasteiger partial charge in [-0.3, -0.25) is 10.1 Å². The first-order valence-corrected chi connectivity index (χ1v) is 11.8. The van der Waals surface area contributed by atoms with Crippen molar-refractivity contribution in [3.8, 4) is 11.5 Å². The molecule has 1 atom stereocenters. The van der Waals surface area contributed by atoms with E-state index in [0.29, 0.717) is 33.6 Å². The molecule has 0 aliphatic carbocycles. The van der Waals surface area contributed by atoms with Crippen LogP contribution in [0, 0.1) is 6.92 Å². The summed E-state index contributed by atoms with van der Waals surface area (Å²) in [5, 5.41) is 9.08. The van der Waals surface area contributed by atoms with Gasteiger partial charge in [-0.1, -0.05) is 47.6 Å². The van der Waals surface area contributed by atoms with Gasteiger partial charge in [-0.2, -0.15) is 9.72 Å². The molecule has 11 nitrogen and oxygen atoms in total. The number of amides is 1. The summed E-state index contributed by atoms with van der Waals surface area (Å²) in [6.45, 7) is 2.03. The van der Waals surface area contributed by atoms with Crippen molar-refractivity contribution in [1.82, 2.24) is 14.7 Å². The van der Waals surface area contributed by atoms with E-state index in [1.54, 1.807) is 18.5 Å². The fourth-order valence-corrected chi connectivity index (χ4v) is 4.20. The summed E-state index contributed by atoms with van der Waals surface area (Å²) in [6, 6.07) is 14.7. The lowest BCUT2D eigenvalue weighted by atomic mass is 10.1. The molecule has 0 fully saturated rings. The lowest BCUT2D eigenvalue weighted by molar-refractivity contribution is -0.125. The topological polar surface area (TPSA) is 130 Å². The third kappa shape index (κ3) is 4.98. The Morgan fingerprint density at radius 1 is 1.22 bits per heavy atom. The Balaban J connectivity index is 1.24. The summed E-state index contributed by atoms with van der Waals surface area (Å²) in [5.74, 6) is 0.315. The quantitative estimate of drug-likeness (QED) is 0.299. The first-order valence-electron chi connectivity index (χ1n) is 10.9. The number of aryl methyl sites for hydroxylation is 2. The SMILES string of the molecule is Cc1cccc2c1OC(C(=O)Nc1nc(CO/N=C(/c3ccccc3)c3nc(=O)on3C)cs1)CO2. The average Bonchev–Trinajstić information content (AvgIpc) is 3.47. The van der Waals surface area contributed by atoms with Crippen molar-refractivity contribution in [2.75, 3.05) is 11.9 Å². The van der Waals surface area contributed by atoms with Gasteiger partial charge < -0.3 is 18.8 Å². The number of hydrogen-bond acceptors (Lipinski definition) is 10. The molecule has 1 N–H and O–H groups in total. The highest BCUT2D eigenvalue weighted by Gasteiger charge is 2.29. The van der Waals surface area contributed by atoms with Crippen LogP contribution in [0.4, 0.5) is 5.13 Å². The van der Waals surface area contributed by atoms with E-state index in [9.17, 15) is 9.59 Å². The standard InChI is InChI=1S/C24H21N5O6S/c1-14-7-6-10-17-20(14)34-18(12-32-17)22(30)27-23-25-16(13-36-23)11-33-28-19(15-8-4-3-5-9-15)21-26-24(31)35-29(21)2/h3-10,13,18H,11-12H2,1-2H3,(H,25,27,30)/b28-19-. The fraction of sp³-hybridized carbons (Fsp3) is 0.208. The van der Waals surface area contributed by atoms with Gasteiger partial charge in [0, 0.05) is 18.0 Å². The number of ether oxygens (including phenoxy) is 2. The van der Waals surface area contributed by atoms with Gasteiger partial charge in [-0.15, -0.1) is 11.3 Å². The minimum atomic E-state index is -0.797. The van der Waals surface area contributed by atoms with Crippen molar-refractivity contribution in [2.24, 2.45) is 12.2 Å². The molecule has 0 radical (unpaired) electrons. The van der Waals surface area contributed by atoms with E-state index < -0.39 is 11.9 Å². The number of carbonyl (C=O) groups is 1. The molecule has 2 aromatic carbocycles. The number of rotatable bonds is 7. The largest absolute Gasteiger partial charge is 0.485 e. The second-order valence-corrected chi connectivity index (χ2v) is 8.68. The minimum Gasteiger partial charge on any atom is -0.485 e. The van der Waals surface area contributed by atoms with Gasteiger partial charge in [-0.05, 0) is 18.6 Å². The van der Waals surface area contributed by atoms with Gasteiger partial charge in [0.05, 0.1) is 5.69 Å². The highest BCUT2D eigenvalue weighted by Crippen LogP contribution is 2.34. The molecular weight excluding hydrogens is 486 g/mol. The molecule has 1 aliphatic heterocycles. The van der Waals surface area contributed by atoms with Crippen molar-refractivity contribution in [2.45, 2.75) is 19.6 Å². The van der Waals surface area contributed by atoms with E-state index in [4.69, 9.17) is 18.8 Å². The summed E-state index contributed by atoms with van der Waals surface area (Å²) >= 11 is 1.25. The summed E-state index contributed by atoms with van der Waals surface area (Å²) in [4.78, 5) is 38.0. The normalized spacial score (nSPS) is 14.9. The highest BCUT2D eigenvalue weighted by atomic mass is 32.1. The zero-order chi connectivity index (χ0) is 25.1. The van der Waals surface area contributed by atoms with Crippen molar-refractivity contribution in [3.05, 3.63) is 87.1 Å². The van der Waals surface area contributed by atoms with E-state index in [2.05, 4.69) is 20.4 Å². The lowest BCUT2D eigenvalue weighted by Crippen LogP contribution is -2.40. The molecular formula is C24H21N5O6S. The van der Waals surface area contributed by atoms with Crippen LogP contribution in [-0.4, -0.2) is 39.0 Å². The Bertz CT molecular complexity index is 1480. The van der Waals surface area contributed by atoms with Gasteiger partial charge >= 0.3 is 5.76 Å². The molecule has 0 saturated carbocycles. The predicted molar refractivity (Wildman–Crippen MR) is 130 cm³/mol. The van der Waals surface area contributed by atoms with Gasteiger partial charge in [0.1, 0.15) is 6.61 Å². The van der Waals surface area contributed by atoms with Gasteiger partial charge in [0.25, 0.3) is 5.91 Å². The van der Waals surface area contributed by atoms with E-state index in [1.165, 1.54) is 16.1 Å². The Kier molecular flexibility index (Phi) is 6.50. The third-order valence-corrected chi connectivity index (χ3v) is 6.04. The highest BCUT2D eigenvalue weighted by molar-refractivity contribution is 7.13. The zero-order valence-electron chi connectivity index (χ0n) is 19.3. The summed E-state index contributed by atoms with van der Waals surface area (Å²) < 4.78 is 17.7. The molecule has 1 amide bonds. The second kappa shape index (κ2) is 10.0. The molecule has 1 unspecified atom stereocenters. The molecule has 12 heteroatoms. The number of oxime groups is 1. The van der Waals surface area contributed by atoms with Crippen LogP contribution in [0.15, 0.2) is 68.4 Å². The summed E-state index contributed by atoms with van der Waals surface area (Å²) in [7, 11) is 1.55. The molecule has 1 aliphatic rings. The van der Waals surface area contributed by atoms with Crippen molar-refractivity contribution < 1.29 is 23.6 Å². The average molecular weight is 508 g/mol. The summed E-state index contributed by atoms with van der Waals surface area (Å²) in [6.07, 6.45) is -0.797. The van der Waals surface area contributed by atoms with Crippen LogP contribution < -0.4 is 20.5 Å². The predicted octanol–water partition coefficient (Wildman–Crippen LogP) is 2.89. The fourth-order valence-electron chi connectivity index (χ4n) is 3.50. The van der Waals surface area contributed by atoms with E-state index in [0.717, 1.165) is 5.56 Å². The minimum absolute atomic E-state index is 0.0319. The Morgan fingerprint density at radius 3 is 2.83 bits per heavy atom. The Hall–Kier alpha value is -4.45. The molecule has 0 spiro atoms. The van der Waals surface area contributed by atoms with Crippen LogP contribution >= 0.6 is 11.3 Å². The van der Waals surface area contributed by atoms with Gasteiger partial charge in [0.15, 0.2) is 34.8 Å². The number of anilines is 1. The maximum atomic E-state index is 12.7. The van der Waals surface area contributed by atoms with Gasteiger partial charge in [0.2, 0.25) is 6.10 Å². The second-order valence-electron chi connectivity index (χ2n) is 7.82. The summed E-state index contributed by atoms with van der Waals surface area (Å²) in [5.41, 5.74) is 2.47. The molecule has 0 saturated heterocycles. The monoisotopic (exact) mass is 507 g/mol. The van der Waals surface area contributed by atoms with Crippen LogP contribution in [0.25, 0.3) is 0 Å².